The predicted octanol–water partition coefficient (Wildman–Crippen LogP) is 1.65. The van der Waals surface area contributed by atoms with E-state index in [4.69, 9.17) is 5.73 Å². The summed E-state index contributed by atoms with van der Waals surface area (Å²) in [4.78, 5) is 0.467. The van der Waals surface area contributed by atoms with Crippen molar-refractivity contribution < 1.29 is 8.42 Å². The highest BCUT2D eigenvalue weighted by atomic mass is 32.2. The van der Waals surface area contributed by atoms with Crippen molar-refractivity contribution in [2.24, 2.45) is 5.73 Å². The molecule has 1 fully saturated rings. The van der Waals surface area contributed by atoms with Gasteiger partial charge in [0.15, 0.2) is 9.84 Å². The van der Waals surface area contributed by atoms with Crippen LogP contribution in [0.5, 0.6) is 0 Å². The van der Waals surface area contributed by atoms with Crippen LogP contribution in [-0.4, -0.2) is 19.7 Å². The molecule has 4 heteroatoms. The standard InChI is InChI=1S/C12H17NO2S/c1-9-4-2-3-5-12(9)16(14,15)11-7-6-10(13)8-11/h2-5,10-11H,6-8,13H2,1H3. The fourth-order valence-electron chi connectivity index (χ4n) is 2.31. The Bertz CT molecular complexity index is 482. The van der Waals surface area contributed by atoms with Crippen molar-refractivity contribution in [3.05, 3.63) is 29.8 Å². The van der Waals surface area contributed by atoms with E-state index in [2.05, 4.69) is 0 Å². The Hall–Kier alpha value is -0.870. The number of hydrogen-bond acceptors (Lipinski definition) is 3. The highest BCUT2D eigenvalue weighted by Gasteiger charge is 2.34. The number of nitrogens with two attached hydrogens (primary N) is 1. The molecule has 1 aliphatic carbocycles. The maximum atomic E-state index is 12.3. The van der Waals surface area contributed by atoms with Gasteiger partial charge >= 0.3 is 0 Å². The van der Waals surface area contributed by atoms with Crippen LogP contribution in [0.25, 0.3) is 0 Å². The van der Waals surface area contributed by atoms with Gasteiger partial charge < -0.3 is 5.73 Å². The molecule has 2 rings (SSSR count). The summed E-state index contributed by atoms with van der Waals surface area (Å²) in [5, 5.41) is -0.288. The van der Waals surface area contributed by atoms with Crippen molar-refractivity contribution in [1.29, 1.82) is 0 Å². The first-order valence-electron chi connectivity index (χ1n) is 5.57. The summed E-state index contributed by atoms with van der Waals surface area (Å²) in [6.45, 7) is 1.84. The lowest BCUT2D eigenvalue weighted by Gasteiger charge is -2.13. The third-order valence-corrected chi connectivity index (χ3v) is 5.64. The molecule has 0 heterocycles. The summed E-state index contributed by atoms with van der Waals surface area (Å²) in [5.41, 5.74) is 6.60. The fourth-order valence-corrected chi connectivity index (χ4v) is 4.40. The maximum absolute atomic E-state index is 12.3. The van der Waals surface area contributed by atoms with Crippen LogP contribution in [0.2, 0.25) is 0 Å². The lowest BCUT2D eigenvalue weighted by Crippen LogP contribution is -2.22. The second-order valence-corrected chi connectivity index (χ2v) is 6.70. The third kappa shape index (κ3) is 1.99. The Morgan fingerprint density at radius 1 is 1.25 bits per heavy atom. The number of sulfone groups is 1. The zero-order chi connectivity index (χ0) is 11.8. The molecule has 2 N–H and O–H groups in total. The molecule has 1 aliphatic rings. The average Bonchev–Trinajstić information content (AvgIpc) is 2.66. The molecule has 2 unspecified atom stereocenters. The summed E-state index contributed by atoms with van der Waals surface area (Å²) in [7, 11) is -3.18. The second kappa shape index (κ2) is 4.18. The summed E-state index contributed by atoms with van der Waals surface area (Å²) in [5.74, 6) is 0. The minimum absolute atomic E-state index is 0.0452. The van der Waals surface area contributed by atoms with Crippen LogP contribution in [0.1, 0.15) is 24.8 Å². The van der Waals surface area contributed by atoms with Crippen molar-refractivity contribution >= 4 is 9.84 Å². The first kappa shape index (κ1) is 11.6. The Kier molecular flexibility index (Phi) is 3.04. The van der Waals surface area contributed by atoms with E-state index in [1.807, 2.05) is 19.1 Å². The SMILES string of the molecule is Cc1ccccc1S(=O)(=O)C1CCC(N)C1. The molecule has 3 nitrogen and oxygen atoms in total. The first-order valence-corrected chi connectivity index (χ1v) is 7.11. The van der Waals surface area contributed by atoms with Gasteiger partial charge in [-0.3, -0.25) is 0 Å². The van der Waals surface area contributed by atoms with Crippen LogP contribution < -0.4 is 5.73 Å². The van der Waals surface area contributed by atoms with E-state index in [-0.39, 0.29) is 11.3 Å². The number of benzene rings is 1. The molecule has 88 valence electrons. The highest BCUT2D eigenvalue weighted by Crippen LogP contribution is 2.30. The summed E-state index contributed by atoms with van der Waals surface area (Å²) in [6.07, 6.45) is 2.10. The minimum atomic E-state index is -3.18. The normalized spacial score (nSPS) is 25.9. The summed E-state index contributed by atoms with van der Waals surface area (Å²) >= 11 is 0. The fraction of sp³-hybridized carbons (Fsp3) is 0.500. The molecule has 0 spiro atoms. The minimum Gasteiger partial charge on any atom is -0.328 e. The van der Waals surface area contributed by atoms with Crippen molar-refractivity contribution in [3.63, 3.8) is 0 Å². The molecule has 16 heavy (non-hydrogen) atoms. The van der Waals surface area contributed by atoms with Gasteiger partial charge in [-0.1, -0.05) is 18.2 Å². The quantitative estimate of drug-likeness (QED) is 0.853. The monoisotopic (exact) mass is 239 g/mol. The second-order valence-electron chi connectivity index (χ2n) is 4.51. The van der Waals surface area contributed by atoms with E-state index in [9.17, 15) is 8.42 Å². The Morgan fingerprint density at radius 3 is 2.50 bits per heavy atom. The first-order chi connectivity index (χ1) is 7.51. The van der Waals surface area contributed by atoms with Crippen LogP contribution >= 0.6 is 0 Å². The van der Waals surface area contributed by atoms with E-state index in [1.54, 1.807) is 12.1 Å². The van der Waals surface area contributed by atoms with Crippen molar-refractivity contribution in [1.82, 2.24) is 0 Å². The van der Waals surface area contributed by atoms with Crippen molar-refractivity contribution in [3.8, 4) is 0 Å². The Morgan fingerprint density at radius 2 is 1.94 bits per heavy atom. The summed E-state index contributed by atoms with van der Waals surface area (Å²) in [6, 6.07) is 7.20. The molecule has 0 aromatic heterocycles. The largest absolute Gasteiger partial charge is 0.328 e. The van der Waals surface area contributed by atoms with E-state index in [0.717, 1.165) is 12.0 Å². The lowest BCUT2D eigenvalue weighted by atomic mass is 10.2. The molecule has 1 aromatic rings. The van der Waals surface area contributed by atoms with Gasteiger partial charge in [0.05, 0.1) is 10.1 Å². The Labute approximate surface area is 96.6 Å². The zero-order valence-corrected chi connectivity index (χ0v) is 10.2. The van der Waals surface area contributed by atoms with Gasteiger partial charge in [0.25, 0.3) is 0 Å². The Balaban J connectivity index is 2.36. The predicted molar refractivity (Wildman–Crippen MR) is 64.0 cm³/mol. The molecule has 0 saturated heterocycles. The molecule has 1 aromatic carbocycles. The number of rotatable bonds is 2. The van der Waals surface area contributed by atoms with Crippen LogP contribution in [-0.2, 0) is 9.84 Å². The zero-order valence-electron chi connectivity index (χ0n) is 9.39. The molecule has 1 saturated carbocycles. The maximum Gasteiger partial charge on any atom is 0.181 e. The molecule has 0 radical (unpaired) electrons. The number of aryl methyl sites for hydroxylation is 1. The van der Waals surface area contributed by atoms with E-state index >= 15 is 0 Å². The third-order valence-electron chi connectivity index (χ3n) is 3.26. The van der Waals surface area contributed by atoms with Crippen LogP contribution in [0.4, 0.5) is 0 Å². The van der Waals surface area contributed by atoms with Gasteiger partial charge in [-0.25, -0.2) is 8.42 Å². The molecule has 0 aliphatic heterocycles. The summed E-state index contributed by atoms with van der Waals surface area (Å²) < 4.78 is 24.7. The van der Waals surface area contributed by atoms with Crippen molar-refractivity contribution in [2.45, 2.75) is 42.4 Å². The molecule has 0 bridgehead atoms. The molecular formula is C12H17NO2S. The van der Waals surface area contributed by atoms with Crippen molar-refractivity contribution in [2.75, 3.05) is 0 Å². The highest BCUT2D eigenvalue weighted by molar-refractivity contribution is 7.92. The van der Waals surface area contributed by atoms with Crippen LogP contribution in [0.15, 0.2) is 29.2 Å². The molecular weight excluding hydrogens is 222 g/mol. The van der Waals surface area contributed by atoms with E-state index in [0.29, 0.717) is 17.7 Å². The van der Waals surface area contributed by atoms with E-state index < -0.39 is 9.84 Å². The van der Waals surface area contributed by atoms with Gasteiger partial charge in [0.2, 0.25) is 0 Å². The van der Waals surface area contributed by atoms with Gasteiger partial charge in [0, 0.05) is 6.04 Å². The van der Waals surface area contributed by atoms with Gasteiger partial charge in [0.1, 0.15) is 0 Å². The van der Waals surface area contributed by atoms with Gasteiger partial charge in [-0.05, 0) is 37.8 Å². The average molecular weight is 239 g/mol. The van der Waals surface area contributed by atoms with Gasteiger partial charge in [-0.2, -0.15) is 0 Å². The van der Waals surface area contributed by atoms with Crippen LogP contribution in [0.3, 0.4) is 0 Å². The topological polar surface area (TPSA) is 60.2 Å². The molecule has 2 atom stereocenters. The smallest absolute Gasteiger partial charge is 0.181 e. The van der Waals surface area contributed by atoms with Gasteiger partial charge in [-0.15, -0.1) is 0 Å². The number of hydrogen-bond donors (Lipinski definition) is 1. The lowest BCUT2D eigenvalue weighted by molar-refractivity contribution is 0.577. The van der Waals surface area contributed by atoms with E-state index in [1.165, 1.54) is 0 Å². The van der Waals surface area contributed by atoms with Crippen LogP contribution in [0, 0.1) is 6.92 Å². The molecule has 0 amide bonds.